The Bertz CT molecular complexity index is 523. The molecule has 0 saturated carbocycles. The van der Waals surface area contributed by atoms with Crippen molar-refractivity contribution >= 4 is 29.3 Å². The second kappa shape index (κ2) is 6.67. The predicted octanol–water partition coefficient (Wildman–Crippen LogP) is 1.77. The van der Waals surface area contributed by atoms with Gasteiger partial charge >= 0.3 is 5.97 Å². The van der Waals surface area contributed by atoms with Crippen LogP contribution in [0.2, 0.25) is 0 Å². The SMILES string of the molecule is Cc1ccc(/C=C/C(=O)N2CCOCC2CC(=O)O)s1. The van der Waals surface area contributed by atoms with E-state index in [2.05, 4.69) is 0 Å². The number of rotatable bonds is 4. The van der Waals surface area contributed by atoms with Gasteiger partial charge in [0.05, 0.1) is 25.7 Å². The quantitative estimate of drug-likeness (QED) is 0.860. The van der Waals surface area contributed by atoms with Crippen molar-refractivity contribution in [1.82, 2.24) is 4.90 Å². The minimum Gasteiger partial charge on any atom is -0.481 e. The number of hydrogen-bond donors (Lipinski definition) is 1. The third kappa shape index (κ3) is 3.91. The summed E-state index contributed by atoms with van der Waals surface area (Å²) in [6, 6.07) is 3.57. The Hall–Kier alpha value is -1.66. The van der Waals surface area contributed by atoms with Gasteiger partial charge in [0.1, 0.15) is 0 Å². The highest BCUT2D eigenvalue weighted by atomic mass is 32.1. The summed E-state index contributed by atoms with van der Waals surface area (Å²) in [4.78, 5) is 26.8. The average molecular weight is 295 g/mol. The maximum atomic E-state index is 12.2. The molecular weight excluding hydrogens is 278 g/mol. The van der Waals surface area contributed by atoms with Crippen LogP contribution in [0, 0.1) is 6.92 Å². The molecule has 1 aliphatic rings. The highest BCUT2D eigenvalue weighted by Crippen LogP contribution is 2.17. The Morgan fingerprint density at radius 2 is 2.35 bits per heavy atom. The number of aryl methyl sites for hydroxylation is 1. The Balaban J connectivity index is 2.02. The number of carboxylic acids is 1. The molecule has 1 amide bonds. The molecule has 1 fully saturated rings. The zero-order valence-electron chi connectivity index (χ0n) is 11.2. The van der Waals surface area contributed by atoms with Gasteiger partial charge in [0.15, 0.2) is 0 Å². The number of aliphatic carboxylic acids is 1. The molecule has 0 aliphatic carbocycles. The minimum absolute atomic E-state index is 0.0856. The van der Waals surface area contributed by atoms with E-state index in [1.54, 1.807) is 22.3 Å². The van der Waals surface area contributed by atoms with Gasteiger partial charge in [0.25, 0.3) is 0 Å². The molecule has 2 heterocycles. The smallest absolute Gasteiger partial charge is 0.305 e. The van der Waals surface area contributed by atoms with Crippen LogP contribution in [-0.2, 0) is 14.3 Å². The van der Waals surface area contributed by atoms with E-state index in [1.165, 1.54) is 11.0 Å². The Morgan fingerprint density at radius 3 is 3.00 bits per heavy atom. The lowest BCUT2D eigenvalue weighted by molar-refractivity contribution is -0.143. The largest absolute Gasteiger partial charge is 0.481 e. The van der Waals surface area contributed by atoms with E-state index in [0.29, 0.717) is 13.2 Å². The molecule has 2 rings (SSSR count). The predicted molar refractivity (Wildman–Crippen MR) is 76.7 cm³/mol. The lowest BCUT2D eigenvalue weighted by Gasteiger charge is -2.34. The molecule has 1 N–H and O–H groups in total. The van der Waals surface area contributed by atoms with E-state index >= 15 is 0 Å². The summed E-state index contributed by atoms with van der Waals surface area (Å²) in [7, 11) is 0. The molecule has 1 aromatic rings. The van der Waals surface area contributed by atoms with Gasteiger partial charge in [0, 0.05) is 22.4 Å². The Kier molecular flexibility index (Phi) is 4.92. The van der Waals surface area contributed by atoms with Crippen molar-refractivity contribution in [1.29, 1.82) is 0 Å². The number of amides is 1. The summed E-state index contributed by atoms with van der Waals surface area (Å²) in [5.41, 5.74) is 0. The van der Waals surface area contributed by atoms with Crippen LogP contribution in [0.25, 0.3) is 6.08 Å². The third-order valence-corrected chi connectivity index (χ3v) is 4.04. The number of morpholine rings is 1. The van der Waals surface area contributed by atoms with Gasteiger partial charge in [-0.25, -0.2) is 0 Å². The number of thiophene rings is 1. The van der Waals surface area contributed by atoms with Crippen molar-refractivity contribution in [3.63, 3.8) is 0 Å². The van der Waals surface area contributed by atoms with Crippen LogP contribution < -0.4 is 0 Å². The number of carbonyl (C=O) groups is 2. The average Bonchev–Trinajstić information content (AvgIpc) is 2.82. The van der Waals surface area contributed by atoms with Gasteiger partial charge in [-0.1, -0.05) is 0 Å². The molecule has 20 heavy (non-hydrogen) atoms. The molecule has 0 aromatic carbocycles. The molecule has 0 bridgehead atoms. The molecule has 5 nitrogen and oxygen atoms in total. The van der Waals surface area contributed by atoms with Crippen LogP contribution in [0.15, 0.2) is 18.2 Å². The van der Waals surface area contributed by atoms with Crippen molar-refractivity contribution in [2.45, 2.75) is 19.4 Å². The number of nitrogens with zero attached hydrogens (tertiary/aromatic N) is 1. The molecular formula is C14H17NO4S. The maximum absolute atomic E-state index is 12.2. The van der Waals surface area contributed by atoms with Gasteiger partial charge < -0.3 is 14.7 Å². The number of carbonyl (C=O) groups excluding carboxylic acids is 1. The molecule has 6 heteroatoms. The van der Waals surface area contributed by atoms with Gasteiger partial charge in [-0.15, -0.1) is 11.3 Å². The second-order valence-electron chi connectivity index (χ2n) is 4.64. The number of ether oxygens (including phenoxy) is 1. The first-order valence-corrected chi connectivity index (χ1v) is 7.22. The minimum atomic E-state index is -0.920. The van der Waals surface area contributed by atoms with Crippen LogP contribution in [0.5, 0.6) is 0 Å². The summed E-state index contributed by atoms with van der Waals surface area (Å²) in [6.07, 6.45) is 3.19. The van der Waals surface area contributed by atoms with Crippen LogP contribution in [0.3, 0.4) is 0 Å². The van der Waals surface area contributed by atoms with Crippen molar-refractivity contribution in [2.24, 2.45) is 0 Å². The van der Waals surface area contributed by atoms with Gasteiger partial charge in [-0.2, -0.15) is 0 Å². The van der Waals surface area contributed by atoms with E-state index < -0.39 is 5.97 Å². The molecule has 1 atom stereocenters. The van der Waals surface area contributed by atoms with E-state index in [4.69, 9.17) is 9.84 Å². The number of hydrogen-bond acceptors (Lipinski definition) is 4. The maximum Gasteiger partial charge on any atom is 0.305 e. The molecule has 1 aromatic heterocycles. The van der Waals surface area contributed by atoms with E-state index in [9.17, 15) is 9.59 Å². The standard InChI is InChI=1S/C14H17NO4S/c1-10-2-3-12(20-10)4-5-13(16)15-6-7-19-9-11(15)8-14(17)18/h2-5,11H,6-9H2,1H3,(H,17,18)/b5-4+. The Labute approximate surface area is 121 Å². The van der Waals surface area contributed by atoms with Crippen LogP contribution in [-0.4, -0.2) is 47.7 Å². The fourth-order valence-electron chi connectivity index (χ4n) is 2.11. The summed E-state index contributed by atoms with van der Waals surface area (Å²) in [5.74, 6) is -1.08. The topological polar surface area (TPSA) is 66.8 Å². The second-order valence-corrected chi connectivity index (χ2v) is 5.96. The van der Waals surface area contributed by atoms with Crippen molar-refractivity contribution in [3.05, 3.63) is 28.0 Å². The molecule has 1 aliphatic heterocycles. The third-order valence-electron chi connectivity index (χ3n) is 3.07. The zero-order valence-corrected chi connectivity index (χ0v) is 12.1. The molecule has 0 radical (unpaired) electrons. The Morgan fingerprint density at radius 1 is 1.55 bits per heavy atom. The lowest BCUT2D eigenvalue weighted by Crippen LogP contribution is -2.49. The molecule has 0 spiro atoms. The summed E-state index contributed by atoms with van der Waals surface area (Å²) >= 11 is 1.61. The molecule has 108 valence electrons. The van der Waals surface area contributed by atoms with E-state index in [-0.39, 0.29) is 25.0 Å². The van der Waals surface area contributed by atoms with Gasteiger partial charge in [-0.05, 0) is 25.1 Å². The van der Waals surface area contributed by atoms with Gasteiger partial charge in [0.2, 0.25) is 5.91 Å². The first-order chi connectivity index (χ1) is 9.56. The lowest BCUT2D eigenvalue weighted by atomic mass is 10.1. The normalized spacial score (nSPS) is 19.4. The fraction of sp³-hybridized carbons (Fsp3) is 0.429. The van der Waals surface area contributed by atoms with Crippen LogP contribution >= 0.6 is 11.3 Å². The highest BCUT2D eigenvalue weighted by Gasteiger charge is 2.27. The zero-order chi connectivity index (χ0) is 14.5. The highest BCUT2D eigenvalue weighted by molar-refractivity contribution is 7.12. The first-order valence-electron chi connectivity index (χ1n) is 6.41. The number of carboxylic acid groups (broad SMARTS) is 1. The summed E-state index contributed by atoms with van der Waals surface area (Å²) < 4.78 is 5.25. The van der Waals surface area contributed by atoms with E-state index in [0.717, 1.165) is 4.88 Å². The summed E-state index contributed by atoms with van der Waals surface area (Å²) in [6.45, 7) is 3.18. The fourth-order valence-corrected chi connectivity index (χ4v) is 2.89. The van der Waals surface area contributed by atoms with Crippen molar-refractivity contribution in [3.8, 4) is 0 Å². The van der Waals surface area contributed by atoms with E-state index in [1.807, 2.05) is 19.1 Å². The molecule has 1 saturated heterocycles. The van der Waals surface area contributed by atoms with Gasteiger partial charge in [-0.3, -0.25) is 9.59 Å². The summed E-state index contributed by atoms with van der Waals surface area (Å²) in [5, 5.41) is 8.87. The van der Waals surface area contributed by atoms with Crippen molar-refractivity contribution < 1.29 is 19.4 Å². The van der Waals surface area contributed by atoms with Crippen LogP contribution in [0.4, 0.5) is 0 Å². The van der Waals surface area contributed by atoms with Crippen LogP contribution in [0.1, 0.15) is 16.2 Å². The first kappa shape index (κ1) is 14.7. The van der Waals surface area contributed by atoms with Crippen molar-refractivity contribution in [2.75, 3.05) is 19.8 Å². The molecule has 1 unspecified atom stereocenters. The monoisotopic (exact) mass is 295 g/mol.